The molecule has 0 aliphatic carbocycles. The molecule has 0 atom stereocenters. The number of rotatable bonds is 1. The third-order valence-electron chi connectivity index (χ3n) is 1.87. The van der Waals surface area contributed by atoms with Crippen LogP contribution in [0.3, 0.4) is 0 Å². The van der Waals surface area contributed by atoms with Crippen molar-refractivity contribution in [2.24, 2.45) is 0 Å². The van der Waals surface area contributed by atoms with Crippen molar-refractivity contribution in [3.05, 3.63) is 35.7 Å². The largest absolute Gasteiger partial charge is 0.508 e. The summed E-state index contributed by atoms with van der Waals surface area (Å²) in [5.74, 6) is 0.276. The monoisotopic (exact) mass is 191 g/mol. The van der Waals surface area contributed by atoms with E-state index >= 15 is 0 Å². The highest BCUT2D eigenvalue weighted by molar-refractivity contribution is 7.14. The first-order valence-electron chi connectivity index (χ1n) is 3.90. The molecule has 0 amide bonds. The van der Waals surface area contributed by atoms with E-state index in [1.54, 1.807) is 12.1 Å². The average molecular weight is 191 g/mol. The van der Waals surface area contributed by atoms with Crippen LogP contribution in [0.25, 0.3) is 11.1 Å². The van der Waals surface area contributed by atoms with Crippen LogP contribution in [-0.2, 0) is 0 Å². The highest BCUT2D eigenvalue weighted by atomic mass is 32.1. The Kier molecular flexibility index (Phi) is 1.94. The Balaban J connectivity index is 2.47. The first kappa shape index (κ1) is 8.13. The average Bonchev–Trinajstić information content (AvgIpc) is 2.53. The zero-order valence-corrected chi connectivity index (χ0v) is 7.71. The Morgan fingerprint density at radius 2 is 1.77 bits per heavy atom. The molecule has 0 saturated carbocycles. The number of aromatic hydroxyl groups is 1. The van der Waals surface area contributed by atoms with E-state index in [0.717, 1.165) is 16.1 Å². The predicted octanol–water partition coefficient (Wildman–Crippen LogP) is 2.70. The molecule has 0 spiro atoms. The van der Waals surface area contributed by atoms with Crippen LogP contribution in [0.2, 0.25) is 0 Å². The van der Waals surface area contributed by atoms with Crippen molar-refractivity contribution < 1.29 is 5.11 Å². The van der Waals surface area contributed by atoms with Gasteiger partial charge in [-0.3, -0.25) is 0 Å². The van der Waals surface area contributed by atoms with Gasteiger partial charge in [-0.15, -0.1) is 11.3 Å². The van der Waals surface area contributed by atoms with Crippen molar-refractivity contribution in [2.75, 3.05) is 5.73 Å². The summed E-state index contributed by atoms with van der Waals surface area (Å²) >= 11 is 1.52. The zero-order valence-electron chi connectivity index (χ0n) is 6.90. The zero-order chi connectivity index (χ0) is 9.26. The Morgan fingerprint density at radius 1 is 1.08 bits per heavy atom. The summed E-state index contributed by atoms with van der Waals surface area (Å²) in [5.41, 5.74) is 7.84. The fourth-order valence-corrected chi connectivity index (χ4v) is 1.86. The smallest absolute Gasteiger partial charge is 0.115 e. The van der Waals surface area contributed by atoms with Crippen molar-refractivity contribution in [1.82, 2.24) is 0 Å². The number of benzene rings is 1. The second-order valence-electron chi connectivity index (χ2n) is 2.75. The van der Waals surface area contributed by atoms with Crippen molar-refractivity contribution in [3.63, 3.8) is 0 Å². The topological polar surface area (TPSA) is 46.2 Å². The summed E-state index contributed by atoms with van der Waals surface area (Å²) in [6.45, 7) is 0. The first-order valence-corrected chi connectivity index (χ1v) is 4.78. The molecule has 0 fully saturated rings. The lowest BCUT2D eigenvalue weighted by Gasteiger charge is -1.99. The molecule has 1 heterocycles. The molecular weight excluding hydrogens is 182 g/mol. The highest BCUT2D eigenvalue weighted by Gasteiger charge is 2.02. The predicted molar refractivity (Wildman–Crippen MR) is 55.8 cm³/mol. The van der Waals surface area contributed by atoms with Gasteiger partial charge in [0.15, 0.2) is 0 Å². The minimum atomic E-state index is 0.276. The number of hydrogen-bond acceptors (Lipinski definition) is 3. The summed E-state index contributed by atoms with van der Waals surface area (Å²) in [5, 5.41) is 11.9. The summed E-state index contributed by atoms with van der Waals surface area (Å²) in [6, 6.07) is 9.01. The van der Waals surface area contributed by atoms with Gasteiger partial charge >= 0.3 is 0 Å². The van der Waals surface area contributed by atoms with Gasteiger partial charge in [0, 0.05) is 5.56 Å². The van der Waals surface area contributed by atoms with Gasteiger partial charge in [0.1, 0.15) is 5.75 Å². The number of anilines is 1. The van der Waals surface area contributed by atoms with Crippen LogP contribution >= 0.6 is 11.3 Å². The molecule has 0 bridgehead atoms. The lowest BCUT2D eigenvalue weighted by Crippen LogP contribution is -1.82. The van der Waals surface area contributed by atoms with Gasteiger partial charge in [-0.1, -0.05) is 12.1 Å². The second kappa shape index (κ2) is 3.11. The quantitative estimate of drug-likeness (QED) is 0.728. The maximum Gasteiger partial charge on any atom is 0.115 e. The molecular formula is C10H9NOS. The molecule has 2 rings (SSSR count). The van der Waals surface area contributed by atoms with Crippen LogP contribution in [0.1, 0.15) is 0 Å². The van der Waals surface area contributed by atoms with Crippen molar-refractivity contribution in [1.29, 1.82) is 0 Å². The van der Waals surface area contributed by atoms with Crippen LogP contribution in [0.4, 0.5) is 5.00 Å². The lowest BCUT2D eigenvalue weighted by atomic mass is 10.1. The molecule has 2 aromatic rings. The van der Waals surface area contributed by atoms with Gasteiger partial charge in [-0.25, -0.2) is 0 Å². The second-order valence-corrected chi connectivity index (χ2v) is 3.69. The molecule has 0 unspecified atom stereocenters. The molecule has 3 heteroatoms. The molecule has 3 N–H and O–H groups in total. The van der Waals surface area contributed by atoms with Gasteiger partial charge in [-0.2, -0.15) is 0 Å². The number of thiophene rings is 1. The number of phenols is 1. The molecule has 1 aromatic heterocycles. The van der Waals surface area contributed by atoms with E-state index in [4.69, 9.17) is 10.8 Å². The summed E-state index contributed by atoms with van der Waals surface area (Å²) in [7, 11) is 0. The van der Waals surface area contributed by atoms with Gasteiger partial charge in [0.25, 0.3) is 0 Å². The van der Waals surface area contributed by atoms with Gasteiger partial charge in [-0.05, 0) is 29.1 Å². The van der Waals surface area contributed by atoms with E-state index in [0.29, 0.717) is 0 Å². The minimum Gasteiger partial charge on any atom is -0.508 e. The maximum atomic E-state index is 9.09. The summed E-state index contributed by atoms with van der Waals surface area (Å²) < 4.78 is 0. The van der Waals surface area contributed by atoms with Crippen LogP contribution in [-0.4, -0.2) is 5.11 Å². The highest BCUT2D eigenvalue weighted by Crippen LogP contribution is 2.30. The van der Waals surface area contributed by atoms with E-state index in [2.05, 4.69) is 0 Å². The van der Waals surface area contributed by atoms with E-state index in [9.17, 15) is 0 Å². The molecule has 0 saturated heterocycles. The van der Waals surface area contributed by atoms with Crippen LogP contribution in [0, 0.1) is 0 Å². The molecule has 0 aliphatic rings. The van der Waals surface area contributed by atoms with Crippen molar-refractivity contribution in [3.8, 4) is 16.9 Å². The number of hydrogen-bond donors (Lipinski definition) is 2. The Bertz CT molecular complexity index is 405. The number of nitrogen functional groups attached to an aromatic ring is 1. The van der Waals surface area contributed by atoms with Gasteiger partial charge in [0.2, 0.25) is 0 Å². The number of nitrogens with two attached hydrogens (primary N) is 1. The minimum absolute atomic E-state index is 0.276. The van der Waals surface area contributed by atoms with Crippen LogP contribution in [0.15, 0.2) is 35.7 Å². The van der Waals surface area contributed by atoms with E-state index in [-0.39, 0.29) is 5.75 Å². The third-order valence-corrected chi connectivity index (χ3v) is 2.62. The maximum absolute atomic E-state index is 9.09. The summed E-state index contributed by atoms with van der Waals surface area (Å²) in [6.07, 6.45) is 0. The van der Waals surface area contributed by atoms with Crippen molar-refractivity contribution >= 4 is 16.3 Å². The van der Waals surface area contributed by atoms with E-state index in [1.807, 2.05) is 23.6 Å². The molecule has 1 aromatic carbocycles. The third kappa shape index (κ3) is 1.51. The standard InChI is InChI=1S/C10H9NOS/c11-10-9(5-6-13-10)7-1-3-8(12)4-2-7/h1-6,12H,11H2. The molecule has 0 aliphatic heterocycles. The molecule has 66 valence electrons. The van der Waals surface area contributed by atoms with Gasteiger partial charge in [0.05, 0.1) is 5.00 Å². The molecule has 0 radical (unpaired) electrons. The van der Waals surface area contributed by atoms with E-state index in [1.165, 1.54) is 11.3 Å². The Hall–Kier alpha value is -1.48. The normalized spacial score (nSPS) is 10.2. The molecule has 2 nitrogen and oxygen atoms in total. The van der Waals surface area contributed by atoms with Crippen molar-refractivity contribution in [2.45, 2.75) is 0 Å². The Morgan fingerprint density at radius 3 is 2.31 bits per heavy atom. The van der Waals surface area contributed by atoms with Crippen LogP contribution < -0.4 is 5.73 Å². The van der Waals surface area contributed by atoms with Crippen LogP contribution in [0.5, 0.6) is 5.75 Å². The van der Waals surface area contributed by atoms with E-state index < -0.39 is 0 Å². The van der Waals surface area contributed by atoms with Gasteiger partial charge < -0.3 is 10.8 Å². The molecule has 13 heavy (non-hydrogen) atoms. The Labute approximate surface area is 80.3 Å². The first-order chi connectivity index (χ1) is 6.27. The summed E-state index contributed by atoms with van der Waals surface area (Å²) in [4.78, 5) is 0. The fourth-order valence-electron chi connectivity index (χ4n) is 1.20. The number of phenolic OH excluding ortho intramolecular Hbond substituents is 1. The fraction of sp³-hybridized carbons (Fsp3) is 0. The SMILES string of the molecule is Nc1sccc1-c1ccc(O)cc1. The lowest BCUT2D eigenvalue weighted by molar-refractivity contribution is 0.475.